The van der Waals surface area contributed by atoms with Crippen LogP contribution >= 0.6 is 0 Å². The van der Waals surface area contributed by atoms with Crippen LogP contribution in [0.2, 0.25) is 0 Å². The van der Waals surface area contributed by atoms with E-state index in [1.54, 1.807) is 26.0 Å². The van der Waals surface area contributed by atoms with Gasteiger partial charge >= 0.3 is 0 Å². The number of aliphatic hydroxyl groups is 1. The molecule has 0 bridgehead atoms. The Labute approximate surface area is 90.8 Å². The summed E-state index contributed by atoms with van der Waals surface area (Å²) in [5.74, 6) is 0.268. The van der Waals surface area contributed by atoms with Gasteiger partial charge in [-0.25, -0.2) is 0 Å². The minimum absolute atomic E-state index is 0.114. The molecule has 0 aliphatic carbocycles. The van der Waals surface area contributed by atoms with E-state index in [4.69, 9.17) is 0 Å². The van der Waals surface area contributed by atoms with Crippen molar-refractivity contribution in [2.75, 3.05) is 6.54 Å². The Morgan fingerprint density at radius 2 is 2.07 bits per heavy atom. The zero-order chi connectivity index (χ0) is 11.5. The van der Waals surface area contributed by atoms with Crippen molar-refractivity contribution in [2.45, 2.75) is 32.4 Å². The molecule has 0 aromatic heterocycles. The van der Waals surface area contributed by atoms with E-state index in [9.17, 15) is 10.2 Å². The molecule has 1 unspecified atom stereocenters. The Morgan fingerprint density at radius 1 is 1.40 bits per heavy atom. The first-order valence-electron chi connectivity index (χ1n) is 5.13. The molecule has 3 nitrogen and oxygen atoms in total. The molecule has 1 aromatic carbocycles. The van der Waals surface area contributed by atoms with Crippen LogP contribution in [0.25, 0.3) is 0 Å². The second-order valence-corrected chi connectivity index (χ2v) is 4.51. The summed E-state index contributed by atoms with van der Waals surface area (Å²) in [5.41, 5.74) is 0.296. The number of benzene rings is 1. The summed E-state index contributed by atoms with van der Waals surface area (Å²) in [6.07, 6.45) is 0. The minimum atomic E-state index is -0.717. The highest BCUT2D eigenvalue weighted by molar-refractivity contribution is 5.29. The minimum Gasteiger partial charge on any atom is -0.508 e. The fraction of sp³-hybridized carbons (Fsp3) is 0.500. The molecule has 0 amide bonds. The van der Waals surface area contributed by atoms with Crippen LogP contribution in [0.3, 0.4) is 0 Å². The number of hydrogen-bond donors (Lipinski definition) is 3. The van der Waals surface area contributed by atoms with Gasteiger partial charge in [-0.15, -0.1) is 0 Å². The van der Waals surface area contributed by atoms with Gasteiger partial charge in [0.15, 0.2) is 0 Å². The molecule has 0 fully saturated rings. The maximum absolute atomic E-state index is 9.56. The van der Waals surface area contributed by atoms with Gasteiger partial charge in [0.1, 0.15) is 5.75 Å². The largest absolute Gasteiger partial charge is 0.508 e. The normalized spacial score (nSPS) is 13.9. The van der Waals surface area contributed by atoms with Crippen molar-refractivity contribution in [3.8, 4) is 5.75 Å². The number of phenolic OH excluding ortho intramolecular Hbond substituents is 1. The predicted molar refractivity (Wildman–Crippen MR) is 60.8 cm³/mol. The van der Waals surface area contributed by atoms with Crippen molar-refractivity contribution < 1.29 is 10.2 Å². The van der Waals surface area contributed by atoms with Gasteiger partial charge < -0.3 is 15.5 Å². The summed E-state index contributed by atoms with van der Waals surface area (Å²) in [7, 11) is 0. The number of hydrogen-bond acceptors (Lipinski definition) is 3. The Morgan fingerprint density at radius 3 is 2.60 bits per heavy atom. The van der Waals surface area contributed by atoms with Crippen LogP contribution in [0.1, 0.15) is 32.4 Å². The van der Waals surface area contributed by atoms with Gasteiger partial charge in [-0.1, -0.05) is 12.1 Å². The van der Waals surface area contributed by atoms with E-state index in [1.165, 1.54) is 0 Å². The maximum atomic E-state index is 9.56. The predicted octanol–water partition coefficient (Wildman–Crippen LogP) is 1.81. The first-order chi connectivity index (χ1) is 6.88. The van der Waals surface area contributed by atoms with Gasteiger partial charge in [0.25, 0.3) is 0 Å². The summed E-state index contributed by atoms with van der Waals surface area (Å²) in [6.45, 7) is 6.04. The second kappa shape index (κ2) is 4.64. The first-order valence-corrected chi connectivity index (χ1v) is 5.13. The molecule has 3 N–H and O–H groups in total. The quantitative estimate of drug-likeness (QED) is 0.709. The molecule has 15 heavy (non-hydrogen) atoms. The van der Waals surface area contributed by atoms with E-state index in [-0.39, 0.29) is 11.8 Å². The lowest BCUT2D eigenvalue weighted by Gasteiger charge is -2.22. The number of nitrogens with one attached hydrogen (secondary N) is 1. The average molecular weight is 209 g/mol. The Hall–Kier alpha value is -1.06. The monoisotopic (exact) mass is 209 g/mol. The molecule has 0 saturated carbocycles. The van der Waals surface area contributed by atoms with Gasteiger partial charge in [-0.3, -0.25) is 0 Å². The highest BCUT2D eigenvalue weighted by Crippen LogP contribution is 2.18. The Bertz CT molecular complexity index is 318. The summed E-state index contributed by atoms with van der Waals surface area (Å²) >= 11 is 0. The highest BCUT2D eigenvalue weighted by atomic mass is 16.3. The Balaban J connectivity index is 2.58. The van der Waals surface area contributed by atoms with Crippen molar-refractivity contribution >= 4 is 0 Å². The molecule has 1 atom stereocenters. The summed E-state index contributed by atoms with van der Waals surface area (Å²) in [6, 6.07) is 7.24. The highest BCUT2D eigenvalue weighted by Gasteiger charge is 2.14. The lowest BCUT2D eigenvalue weighted by molar-refractivity contribution is 0.0770. The molecule has 1 aromatic rings. The molecule has 0 aliphatic heterocycles. The van der Waals surface area contributed by atoms with Crippen molar-refractivity contribution in [3.63, 3.8) is 0 Å². The van der Waals surface area contributed by atoms with E-state index < -0.39 is 5.60 Å². The topological polar surface area (TPSA) is 52.5 Å². The molecule has 1 rings (SSSR count). The fourth-order valence-electron chi connectivity index (χ4n) is 1.31. The smallest absolute Gasteiger partial charge is 0.115 e. The van der Waals surface area contributed by atoms with E-state index in [0.717, 1.165) is 5.56 Å². The molecule has 0 spiro atoms. The molecule has 84 valence electrons. The van der Waals surface area contributed by atoms with Crippen LogP contribution in [0.15, 0.2) is 24.3 Å². The van der Waals surface area contributed by atoms with E-state index in [1.807, 2.05) is 19.1 Å². The van der Waals surface area contributed by atoms with Crippen LogP contribution in [0.5, 0.6) is 5.75 Å². The molecular formula is C12H19NO2. The molecule has 3 heteroatoms. The average Bonchev–Trinajstić information content (AvgIpc) is 2.13. The van der Waals surface area contributed by atoms with Gasteiger partial charge in [0.05, 0.1) is 5.60 Å². The van der Waals surface area contributed by atoms with Crippen LogP contribution in [-0.2, 0) is 0 Å². The van der Waals surface area contributed by atoms with Gasteiger partial charge in [0.2, 0.25) is 0 Å². The summed E-state index contributed by atoms with van der Waals surface area (Å²) in [4.78, 5) is 0. The summed E-state index contributed by atoms with van der Waals surface area (Å²) in [5, 5.41) is 22.1. The van der Waals surface area contributed by atoms with Crippen molar-refractivity contribution in [1.29, 1.82) is 0 Å². The molecular weight excluding hydrogens is 190 g/mol. The maximum Gasteiger partial charge on any atom is 0.115 e. The number of rotatable bonds is 4. The zero-order valence-corrected chi connectivity index (χ0v) is 9.49. The van der Waals surface area contributed by atoms with Crippen molar-refractivity contribution in [1.82, 2.24) is 5.32 Å². The van der Waals surface area contributed by atoms with E-state index in [0.29, 0.717) is 6.54 Å². The Kier molecular flexibility index (Phi) is 3.72. The van der Waals surface area contributed by atoms with E-state index in [2.05, 4.69) is 5.32 Å². The molecule has 0 radical (unpaired) electrons. The lowest BCUT2D eigenvalue weighted by atomic mass is 10.1. The van der Waals surface area contributed by atoms with E-state index >= 15 is 0 Å². The third kappa shape index (κ3) is 4.32. The van der Waals surface area contributed by atoms with Gasteiger partial charge in [-0.2, -0.15) is 0 Å². The SMILES string of the molecule is CC(NCC(C)(C)O)c1cccc(O)c1. The van der Waals surface area contributed by atoms with Crippen LogP contribution < -0.4 is 5.32 Å². The molecule has 0 heterocycles. The van der Waals surface area contributed by atoms with Crippen molar-refractivity contribution in [3.05, 3.63) is 29.8 Å². The standard InChI is InChI=1S/C12H19NO2/c1-9(13-8-12(2,3)15)10-5-4-6-11(14)7-10/h4-7,9,13-15H,8H2,1-3H3. The fourth-order valence-corrected chi connectivity index (χ4v) is 1.31. The van der Waals surface area contributed by atoms with Crippen LogP contribution in [0.4, 0.5) is 0 Å². The van der Waals surface area contributed by atoms with Gasteiger partial charge in [-0.05, 0) is 38.5 Å². The molecule has 0 saturated heterocycles. The number of phenols is 1. The third-order valence-electron chi connectivity index (χ3n) is 2.21. The number of aromatic hydroxyl groups is 1. The second-order valence-electron chi connectivity index (χ2n) is 4.51. The lowest BCUT2D eigenvalue weighted by Crippen LogP contribution is -2.36. The van der Waals surface area contributed by atoms with Crippen LogP contribution in [-0.4, -0.2) is 22.4 Å². The summed E-state index contributed by atoms with van der Waals surface area (Å²) < 4.78 is 0. The van der Waals surface area contributed by atoms with Crippen LogP contribution in [0, 0.1) is 0 Å². The van der Waals surface area contributed by atoms with Gasteiger partial charge in [0, 0.05) is 12.6 Å². The zero-order valence-electron chi connectivity index (χ0n) is 9.49. The van der Waals surface area contributed by atoms with Crippen molar-refractivity contribution in [2.24, 2.45) is 0 Å². The first kappa shape index (κ1) is 12.0. The third-order valence-corrected chi connectivity index (χ3v) is 2.21. The molecule has 0 aliphatic rings.